The summed E-state index contributed by atoms with van der Waals surface area (Å²) < 4.78 is 12.3. The summed E-state index contributed by atoms with van der Waals surface area (Å²) in [6, 6.07) is 8.77. The van der Waals surface area contributed by atoms with Crippen LogP contribution < -0.4 is 14.9 Å². The summed E-state index contributed by atoms with van der Waals surface area (Å²) in [4.78, 5) is 12.1. The van der Waals surface area contributed by atoms with Crippen LogP contribution in [0.1, 0.15) is 15.9 Å². The first-order valence-corrected chi connectivity index (χ1v) is 8.67. The first kappa shape index (κ1) is 16.5. The molecule has 8 heteroatoms. The number of nitrogens with one attached hydrogen (secondary N) is 1. The molecule has 1 amide bonds. The number of rotatable bonds is 3. The van der Waals surface area contributed by atoms with Crippen molar-refractivity contribution < 1.29 is 14.3 Å². The van der Waals surface area contributed by atoms with E-state index in [4.69, 9.17) is 21.1 Å². The monoisotopic (exact) mass is 506 g/mol. The molecule has 23 heavy (non-hydrogen) atoms. The number of hydrogen-bond acceptors (Lipinski definition) is 4. The Morgan fingerprint density at radius 1 is 1.30 bits per heavy atom. The number of benzene rings is 2. The third kappa shape index (κ3) is 3.78. The Labute approximate surface area is 159 Å². The molecule has 0 bridgehead atoms. The summed E-state index contributed by atoms with van der Waals surface area (Å²) >= 11 is 11.6. The molecule has 0 atom stereocenters. The largest absolute Gasteiger partial charge is 0.454 e. The lowest BCUT2D eigenvalue weighted by atomic mass is 10.2. The highest BCUT2D eigenvalue weighted by Crippen LogP contribution is 2.36. The number of ether oxygens (including phenoxy) is 2. The smallest absolute Gasteiger partial charge is 0.272 e. The minimum absolute atomic E-state index is 0.199. The van der Waals surface area contributed by atoms with E-state index in [1.165, 1.54) is 6.21 Å². The lowest BCUT2D eigenvalue weighted by molar-refractivity contribution is 0.0955. The first-order valence-electron chi connectivity index (χ1n) is 6.42. The summed E-state index contributed by atoms with van der Waals surface area (Å²) in [6.45, 7) is 0.199. The Kier molecular flexibility index (Phi) is 5.08. The molecule has 0 aliphatic carbocycles. The highest BCUT2D eigenvalue weighted by atomic mass is 127. The Bertz CT molecular complexity index is 814. The van der Waals surface area contributed by atoms with Crippen molar-refractivity contribution in [2.24, 2.45) is 5.10 Å². The molecular weight excluding hydrogens is 498 g/mol. The Balaban J connectivity index is 1.74. The van der Waals surface area contributed by atoms with E-state index in [9.17, 15) is 4.79 Å². The summed E-state index contributed by atoms with van der Waals surface area (Å²) in [5.41, 5.74) is 3.59. The molecule has 5 nitrogen and oxygen atoms in total. The quantitative estimate of drug-likeness (QED) is 0.385. The van der Waals surface area contributed by atoms with Crippen LogP contribution in [0.15, 0.2) is 39.9 Å². The number of fused-ring (bicyclic) bond motifs is 1. The third-order valence-corrected chi connectivity index (χ3v) is 4.72. The molecule has 1 heterocycles. The van der Waals surface area contributed by atoms with E-state index in [1.807, 2.05) is 6.07 Å². The zero-order chi connectivity index (χ0) is 16.4. The maximum atomic E-state index is 12.1. The minimum atomic E-state index is -0.373. The number of carbonyl (C=O) groups excluding carboxylic acids is 1. The predicted molar refractivity (Wildman–Crippen MR) is 99.5 cm³/mol. The molecule has 3 rings (SSSR count). The van der Waals surface area contributed by atoms with E-state index in [-0.39, 0.29) is 12.7 Å². The number of hydrogen-bond donors (Lipinski definition) is 1. The third-order valence-electron chi connectivity index (χ3n) is 3.03. The molecule has 2 aromatic carbocycles. The Hall–Kier alpha value is -1.32. The second kappa shape index (κ2) is 7.06. The van der Waals surface area contributed by atoms with Gasteiger partial charge >= 0.3 is 0 Å². The fourth-order valence-electron chi connectivity index (χ4n) is 1.92. The minimum Gasteiger partial charge on any atom is -0.454 e. The maximum absolute atomic E-state index is 12.1. The van der Waals surface area contributed by atoms with Gasteiger partial charge in [-0.05, 0) is 68.9 Å². The van der Waals surface area contributed by atoms with Gasteiger partial charge in [0.1, 0.15) is 0 Å². The lowest BCUT2D eigenvalue weighted by Crippen LogP contribution is -2.18. The van der Waals surface area contributed by atoms with Crippen LogP contribution in [0.25, 0.3) is 0 Å². The van der Waals surface area contributed by atoms with Gasteiger partial charge in [0.2, 0.25) is 6.79 Å². The van der Waals surface area contributed by atoms with E-state index in [1.54, 1.807) is 24.3 Å². The molecular formula is C15H9BrClIN2O3. The van der Waals surface area contributed by atoms with Gasteiger partial charge in [-0.3, -0.25) is 4.79 Å². The number of carbonyl (C=O) groups is 1. The molecule has 0 saturated carbocycles. The molecule has 1 aliphatic heterocycles. The molecule has 1 aliphatic rings. The van der Waals surface area contributed by atoms with Crippen LogP contribution in [0.4, 0.5) is 0 Å². The Morgan fingerprint density at radius 3 is 2.83 bits per heavy atom. The Morgan fingerprint density at radius 2 is 2.04 bits per heavy atom. The molecule has 0 aromatic heterocycles. The van der Waals surface area contributed by atoms with Crippen molar-refractivity contribution in [2.75, 3.05) is 6.79 Å². The number of amides is 1. The van der Waals surface area contributed by atoms with Gasteiger partial charge in [-0.2, -0.15) is 5.10 Å². The number of hydrazone groups is 1. The maximum Gasteiger partial charge on any atom is 0.272 e. The summed E-state index contributed by atoms with van der Waals surface area (Å²) in [5, 5.41) is 4.34. The van der Waals surface area contributed by atoms with Crippen molar-refractivity contribution >= 4 is 62.2 Å². The molecule has 0 spiro atoms. The van der Waals surface area contributed by atoms with Gasteiger partial charge in [-0.15, -0.1) is 0 Å². The molecule has 0 unspecified atom stereocenters. The van der Waals surface area contributed by atoms with Crippen LogP contribution in [0.3, 0.4) is 0 Å². The van der Waals surface area contributed by atoms with Crippen LogP contribution in [0, 0.1) is 3.57 Å². The van der Waals surface area contributed by atoms with Crippen molar-refractivity contribution in [3.8, 4) is 11.5 Å². The lowest BCUT2D eigenvalue weighted by Gasteiger charge is -2.04. The van der Waals surface area contributed by atoms with Crippen molar-refractivity contribution in [3.05, 3.63) is 54.5 Å². The van der Waals surface area contributed by atoms with E-state index in [0.29, 0.717) is 22.1 Å². The van der Waals surface area contributed by atoms with E-state index < -0.39 is 0 Å². The molecule has 2 aromatic rings. The van der Waals surface area contributed by atoms with Crippen LogP contribution in [-0.2, 0) is 0 Å². The highest BCUT2D eigenvalue weighted by molar-refractivity contribution is 14.1. The van der Waals surface area contributed by atoms with Gasteiger partial charge in [0.15, 0.2) is 11.5 Å². The fourth-order valence-corrected chi connectivity index (χ4v) is 3.04. The topological polar surface area (TPSA) is 59.9 Å². The van der Waals surface area contributed by atoms with Gasteiger partial charge in [-0.25, -0.2) is 5.43 Å². The first-order chi connectivity index (χ1) is 11.0. The zero-order valence-electron chi connectivity index (χ0n) is 11.5. The highest BCUT2D eigenvalue weighted by Gasteiger charge is 2.15. The SMILES string of the molecule is O=C(NN=Cc1cc2c(cc1Br)OCO2)c1cc(I)ccc1Cl. The van der Waals surface area contributed by atoms with Crippen LogP contribution >= 0.6 is 50.1 Å². The van der Waals surface area contributed by atoms with Crippen molar-refractivity contribution in [2.45, 2.75) is 0 Å². The second-order valence-corrected chi connectivity index (χ2v) is 7.06. The summed E-state index contributed by atoms with van der Waals surface area (Å²) in [6.07, 6.45) is 1.52. The van der Waals surface area contributed by atoms with Crippen LogP contribution in [0.5, 0.6) is 11.5 Å². The van der Waals surface area contributed by atoms with Crippen molar-refractivity contribution in [1.29, 1.82) is 0 Å². The van der Waals surface area contributed by atoms with Gasteiger partial charge in [0.25, 0.3) is 5.91 Å². The van der Waals surface area contributed by atoms with Gasteiger partial charge in [0.05, 0.1) is 16.8 Å². The molecule has 0 saturated heterocycles. The average molecular weight is 508 g/mol. The number of nitrogens with zero attached hydrogens (tertiary/aromatic N) is 1. The standard InChI is InChI=1S/C15H9BrClIN2O3/c16-11-5-14-13(22-7-23-14)3-8(11)6-19-20-15(21)10-4-9(18)1-2-12(10)17/h1-6H,7H2,(H,20,21). The molecule has 0 fully saturated rings. The van der Waals surface area contributed by atoms with E-state index in [0.717, 1.165) is 13.6 Å². The summed E-state index contributed by atoms with van der Waals surface area (Å²) in [5.74, 6) is 0.937. The van der Waals surface area contributed by atoms with Gasteiger partial charge in [0, 0.05) is 13.6 Å². The average Bonchev–Trinajstić information content (AvgIpc) is 2.96. The number of halogens is 3. The van der Waals surface area contributed by atoms with Gasteiger partial charge < -0.3 is 9.47 Å². The van der Waals surface area contributed by atoms with Crippen molar-refractivity contribution in [3.63, 3.8) is 0 Å². The van der Waals surface area contributed by atoms with Crippen molar-refractivity contribution in [1.82, 2.24) is 5.43 Å². The fraction of sp³-hybridized carbons (Fsp3) is 0.0667. The second-order valence-electron chi connectivity index (χ2n) is 4.55. The zero-order valence-corrected chi connectivity index (χ0v) is 16.0. The normalized spacial score (nSPS) is 12.7. The molecule has 118 valence electrons. The predicted octanol–water partition coefficient (Wildman–Crippen LogP) is 4.20. The van der Waals surface area contributed by atoms with Crippen LogP contribution in [-0.4, -0.2) is 18.9 Å². The molecule has 0 radical (unpaired) electrons. The van der Waals surface area contributed by atoms with E-state index in [2.05, 4.69) is 49.0 Å². The van der Waals surface area contributed by atoms with Gasteiger partial charge in [-0.1, -0.05) is 11.6 Å². The molecule has 1 N–H and O–H groups in total. The van der Waals surface area contributed by atoms with E-state index >= 15 is 0 Å². The summed E-state index contributed by atoms with van der Waals surface area (Å²) in [7, 11) is 0. The van der Waals surface area contributed by atoms with Crippen LogP contribution in [0.2, 0.25) is 5.02 Å².